The molecule has 0 saturated heterocycles. The van der Waals surface area contributed by atoms with Crippen LogP contribution in [0, 0.1) is 11.3 Å². The third kappa shape index (κ3) is 2.47. The average molecular weight is 286 g/mol. The van der Waals surface area contributed by atoms with Gasteiger partial charge >= 0.3 is 0 Å². The SMILES string of the molecule is N#CCCc1ccc2c(Cl)c(Cl)cc(Cl)c2n1. The van der Waals surface area contributed by atoms with Gasteiger partial charge in [-0.15, -0.1) is 0 Å². The summed E-state index contributed by atoms with van der Waals surface area (Å²) in [5, 5.41) is 10.6. The molecule has 0 aliphatic rings. The number of rotatable bonds is 2. The maximum absolute atomic E-state index is 8.53. The van der Waals surface area contributed by atoms with Gasteiger partial charge in [-0.05, 0) is 18.2 Å². The van der Waals surface area contributed by atoms with E-state index >= 15 is 0 Å². The minimum atomic E-state index is 0.413. The van der Waals surface area contributed by atoms with Crippen LogP contribution in [0.1, 0.15) is 12.1 Å². The molecule has 0 aliphatic heterocycles. The molecule has 1 aromatic carbocycles. The molecule has 2 nitrogen and oxygen atoms in total. The Morgan fingerprint density at radius 2 is 1.94 bits per heavy atom. The van der Waals surface area contributed by atoms with E-state index in [9.17, 15) is 0 Å². The van der Waals surface area contributed by atoms with Crippen molar-refractivity contribution in [2.75, 3.05) is 0 Å². The number of benzene rings is 1. The fourth-order valence-electron chi connectivity index (χ4n) is 1.55. The van der Waals surface area contributed by atoms with E-state index in [1.54, 1.807) is 6.07 Å². The van der Waals surface area contributed by atoms with E-state index in [0.717, 1.165) is 11.1 Å². The van der Waals surface area contributed by atoms with Crippen molar-refractivity contribution in [1.82, 2.24) is 4.98 Å². The van der Waals surface area contributed by atoms with Gasteiger partial charge in [-0.25, -0.2) is 0 Å². The molecular weight excluding hydrogens is 279 g/mol. The molecule has 0 amide bonds. The van der Waals surface area contributed by atoms with E-state index < -0.39 is 0 Å². The summed E-state index contributed by atoms with van der Waals surface area (Å²) in [4.78, 5) is 4.39. The van der Waals surface area contributed by atoms with Gasteiger partial charge in [0.2, 0.25) is 0 Å². The molecule has 0 bridgehead atoms. The van der Waals surface area contributed by atoms with Crippen LogP contribution in [0.4, 0.5) is 0 Å². The first-order valence-corrected chi connectivity index (χ1v) is 6.07. The molecule has 2 rings (SSSR count). The number of fused-ring (bicyclic) bond motifs is 1. The van der Waals surface area contributed by atoms with Gasteiger partial charge in [-0.2, -0.15) is 5.26 Å². The van der Waals surface area contributed by atoms with Crippen LogP contribution in [-0.2, 0) is 6.42 Å². The van der Waals surface area contributed by atoms with Crippen molar-refractivity contribution in [3.63, 3.8) is 0 Å². The van der Waals surface area contributed by atoms with Gasteiger partial charge in [0.05, 0.1) is 26.7 Å². The molecule has 1 heterocycles. The summed E-state index contributed by atoms with van der Waals surface area (Å²) in [6.45, 7) is 0. The van der Waals surface area contributed by atoms with Crippen molar-refractivity contribution >= 4 is 45.7 Å². The lowest BCUT2D eigenvalue weighted by Gasteiger charge is -2.06. The number of hydrogen-bond donors (Lipinski definition) is 0. The molecule has 1 aromatic heterocycles. The smallest absolute Gasteiger partial charge is 0.0907 e. The highest BCUT2D eigenvalue weighted by Gasteiger charge is 2.10. The van der Waals surface area contributed by atoms with E-state index in [1.807, 2.05) is 12.1 Å². The zero-order valence-corrected chi connectivity index (χ0v) is 10.9. The molecule has 86 valence electrons. The Labute approximate surface area is 114 Å². The van der Waals surface area contributed by atoms with Gasteiger partial charge in [-0.1, -0.05) is 34.8 Å². The van der Waals surface area contributed by atoms with E-state index in [-0.39, 0.29) is 0 Å². The molecule has 5 heteroatoms. The number of nitrogens with zero attached hydrogens (tertiary/aromatic N) is 2. The molecule has 2 aromatic rings. The Morgan fingerprint density at radius 1 is 1.18 bits per heavy atom. The second kappa shape index (κ2) is 5.10. The van der Waals surface area contributed by atoms with Crippen LogP contribution in [0.2, 0.25) is 15.1 Å². The molecule has 0 spiro atoms. The van der Waals surface area contributed by atoms with Crippen LogP contribution >= 0.6 is 34.8 Å². The number of halogens is 3. The zero-order valence-electron chi connectivity index (χ0n) is 8.67. The standard InChI is InChI=1S/C12H7Cl3N2/c13-9-6-10(14)12-8(11(9)15)4-3-7(17-12)2-1-5-16/h3-4,6H,1-2H2. The predicted octanol–water partition coefficient (Wildman–Crippen LogP) is 4.65. The number of nitriles is 1. The van der Waals surface area contributed by atoms with Gasteiger partial charge in [0.15, 0.2) is 0 Å². The van der Waals surface area contributed by atoms with Crippen LogP contribution < -0.4 is 0 Å². The van der Waals surface area contributed by atoms with E-state index in [2.05, 4.69) is 11.1 Å². The Bertz CT molecular complexity index is 617. The first-order valence-electron chi connectivity index (χ1n) is 4.93. The summed E-state index contributed by atoms with van der Waals surface area (Å²) in [7, 11) is 0. The second-order valence-corrected chi connectivity index (χ2v) is 4.70. The predicted molar refractivity (Wildman–Crippen MR) is 70.7 cm³/mol. The minimum absolute atomic E-state index is 0.413. The third-order valence-corrected chi connectivity index (χ3v) is 3.46. The topological polar surface area (TPSA) is 36.7 Å². The average Bonchev–Trinajstić information content (AvgIpc) is 2.33. The number of aryl methyl sites for hydroxylation is 1. The lowest BCUT2D eigenvalue weighted by Crippen LogP contribution is -1.91. The second-order valence-electron chi connectivity index (χ2n) is 3.51. The first-order chi connectivity index (χ1) is 8.13. The van der Waals surface area contributed by atoms with Crippen molar-refractivity contribution in [3.8, 4) is 6.07 Å². The Kier molecular flexibility index (Phi) is 3.73. The molecule has 17 heavy (non-hydrogen) atoms. The summed E-state index contributed by atoms with van der Waals surface area (Å²) in [5.41, 5.74) is 1.44. The highest BCUT2D eigenvalue weighted by molar-refractivity contribution is 6.47. The normalized spacial score (nSPS) is 10.5. The fourth-order valence-corrected chi connectivity index (χ4v) is 2.28. The highest BCUT2D eigenvalue weighted by Crippen LogP contribution is 2.34. The molecule has 0 atom stereocenters. The lowest BCUT2D eigenvalue weighted by atomic mass is 10.1. The monoisotopic (exact) mass is 284 g/mol. The maximum Gasteiger partial charge on any atom is 0.0907 e. The molecular formula is C12H7Cl3N2. The summed E-state index contributed by atoms with van der Waals surface area (Å²) in [6.07, 6.45) is 1.03. The quantitative estimate of drug-likeness (QED) is 0.753. The summed E-state index contributed by atoms with van der Waals surface area (Å²) < 4.78 is 0. The van der Waals surface area contributed by atoms with Crippen LogP contribution in [-0.4, -0.2) is 4.98 Å². The summed E-state index contributed by atoms with van der Waals surface area (Å²) in [6, 6.07) is 7.32. The van der Waals surface area contributed by atoms with Gasteiger partial charge < -0.3 is 0 Å². The summed E-state index contributed by atoms with van der Waals surface area (Å²) >= 11 is 18.1. The van der Waals surface area contributed by atoms with Gasteiger partial charge in [0.25, 0.3) is 0 Å². The van der Waals surface area contributed by atoms with E-state index in [0.29, 0.717) is 33.4 Å². The van der Waals surface area contributed by atoms with E-state index in [1.165, 1.54) is 0 Å². The van der Waals surface area contributed by atoms with Crippen LogP contribution in [0.5, 0.6) is 0 Å². The van der Waals surface area contributed by atoms with Crippen molar-refractivity contribution in [3.05, 3.63) is 39.0 Å². The Balaban J connectivity index is 2.59. The summed E-state index contributed by atoms with van der Waals surface area (Å²) in [5.74, 6) is 0. The molecule has 0 N–H and O–H groups in total. The number of hydrogen-bond acceptors (Lipinski definition) is 2. The highest BCUT2D eigenvalue weighted by atomic mass is 35.5. The van der Waals surface area contributed by atoms with Crippen molar-refractivity contribution in [2.45, 2.75) is 12.8 Å². The lowest BCUT2D eigenvalue weighted by molar-refractivity contribution is 0.963. The van der Waals surface area contributed by atoms with E-state index in [4.69, 9.17) is 40.1 Å². The number of pyridine rings is 1. The Morgan fingerprint density at radius 3 is 2.65 bits per heavy atom. The molecule has 0 aliphatic carbocycles. The molecule has 0 unspecified atom stereocenters. The van der Waals surface area contributed by atoms with Crippen LogP contribution in [0.15, 0.2) is 18.2 Å². The van der Waals surface area contributed by atoms with Crippen LogP contribution in [0.3, 0.4) is 0 Å². The Hall–Kier alpha value is -1.01. The zero-order chi connectivity index (χ0) is 12.4. The first kappa shape index (κ1) is 12.4. The van der Waals surface area contributed by atoms with Crippen LogP contribution in [0.25, 0.3) is 10.9 Å². The number of aromatic nitrogens is 1. The van der Waals surface area contributed by atoms with Crippen molar-refractivity contribution in [2.24, 2.45) is 0 Å². The van der Waals surface area contributed by atoms with Crippen molar-refractivity contribution < 1.29 is 0 Å². The fraction of sp³-hybridized carbons (Fsp3) is 0.167. The largest absolute Gasteiger partial charge is 0.251 e. The molecule has 0 radical (unpaired) electrons. The third-order valence-electron chi connectivity index (χ3n) is 2.37. The maximum atomic E-state index is 8.53. The molecule has 0 fully saturated rings. The minimum Gasteiger partial charge on any atom is -0.251 e. The van der Waals surface area contributed by atoms with Gasteiger partial charge in [0.1, 0.15) is 0 Å². The van der Waals surface area contributed by atoms with Gasteiger partial charge in [0, 0.05) is 23.9 Å². The van der Waals surface area contributed by atoms with Gasteiger partial charge in [-0.3, -0.25) is 4.98 Å². The molecule has 0 saturated carbocycles. The van der Waals surface area contributed by atoms with Crippen molar-refractivity contribution in [1.29, 1.82) is 5.26 Å².